The van der Waals surface area contributed by atoms with E-state index in [0.717, 1.165) is 0 Å². The molecule has 1 unspecified atom stereocenters. The zero-order valence-electron chi connectivity index (χ0n) is 12.0. The molecular weight excluding hydrogens is 253 g/mol. The molecule has 1 aliphatic heterocycles. The third kappa shape index (κ3) is 4.36. The van der Waals surface area contributed by atoms with E-state index in [2.05, 4.69) is 4.74 Å². The summed E-state index contributed by atoms with van der Waals surface area (Å²) in [5, 5.41) is 0. The monoisotopic (exact) mass is 275 g/mol. The van der Waals surface area contributed by atoms with E-state index in [1.165, 1.54) is 12.0 Å². The highest BCUT2D eigenvalue weighted by Gasteiger charge is 2.42. The molecular formula is C13H22FNO4. The number of carbonyl (C=O) groups is 2. The number of amides is 1. The molecule has 0 bridgehead atoms. The summed E-state index contributed by atoms with van der Waals surface area (Å²) < 4.78 is 24.1. The average Bonchev–Trinajstić information content (AvgIpc) is 2.49. The highest BCUT2D eigenvalue weighted by molar-refractivity contribution is 5.79. The van der Waals surface area contributed by atoms with Gasteiger partial charge in [0.25, 0.3) is 0 Å². The molecule has 1 heterocycles. The Kier molecular flexibility index (Phi) is 4.76. The van der Waals surface area contributed by atoms with E-state index < -0.39 is 23.3 Å². The average molecular weight is 275 g/mol. The van der Waals surface area contributed by atoms with Crippen molar-refractivity contribution in [2.24, 2.45) is 0 Å². The summed E-state index contributed by atoms with van der Waals surface area (Å²) in [6.07, 6.45) is -0.0514. The lowest BCUT2D eigenvalue weighted by molar-refractivity contribution is -0.155. The van der Waals surface area contributed by atoms with Crippen LogP contribution in [0.3, 0.4) is 0 Å². The molecule has 0 radical (unpaired) electrons. The topological polar surface area (TPSA) is 55.8 Å². The molecule has 110 valence electrons. The molecule has 1 saturated heterocycles. The Morgan fingerprint density at radius 2 is 1.84 bits per heavy atom. The summed E-state index contributed by atoms with van der Waals surface area (Å²) >= 11 is 0. The second kappa shape index (κ2) is 5.75. The molecule has 19 heavy (non-hydrogen) atoms. The molecule has 0 saturated carbocycles. The Labute approximate surface area is 113 Å². The maximum Gasteiger partial charge on any atom is 0.410 e. The van der Waals surface area contributed by atoms with Crippen LogP contribution in [0.2, 0.25) is 0 Å². The van der Waals surface area contributed by atoms with E-state index >= 15 is 0 Å². The number of carbonyl (C=O) groups excluding carboxylic acids is 2. The number of halogens is 1. The van der Waals surface area contributed by atoms with Gasteiger partial charge in [0.1, 0.15) is 5.60 Å². The van der Waals surface area contributed by atoms with Gasteiger partial charge in [-0.1, -0.05) is 0 Å². The molecule has 1 fully saturated rings. The number of likely N-dealkylation sites (tertiary alicyclic amines) is 1. The summed E-state index contributed by atoms with van der Waals surface area (Å²) in [4.78, 5) is 24.7. The van der Waals surface area contributed by atoms with Crippen LogP contribution >= 0.6 is 0 Å². The van der Waals surface area contributed by atoms with Crippen LogP contribution in [0.15, 0.2) is 0 Å². The van der Waals surface area contributed by atoms with E-state index in [-0.39, 0.29) is 19.4 Å². The molecule has 0 aliphatic carbocycles. The van der Waals surface area contributed by atoms with Gasteiger partial charge in [0.05, 0.1) is 7.11 Å². The van der Waals surface area contributed by atoms with Crippen LogP contribution < -0.4 is 0 Å². The summed E-state index contributed by atoms with van der Waals surface area (Å²) in [7, 11) is 1.17. The lowest BCUT2D eigenvalue weighted by Gasteiger charge is -2.26. The number of nitrogens with zero attached hydrogens (tertiary/aromatic N) is 1. The molecule has 1 aliphatic rings. The van der Waals surface area contributed by atoms with Crippen LogP contribution in [0.5, 0.6) is 0 Å². The maximum atomic E-state index is 14.3. The first-order valence-electron chi connectivity index (χ1n) is 6.43. The standard InChI is InChI=1S/C13H22FNO4/c1-12(2,3)19-11(17)15-8-5-6-13(14,7-9-15)10(16)18-4/h5-9H2,1-4H3. The zero-order chi connectivity index (χ0) is 14.7. The zero-order valence-corrected chi connectivity index (χ0v) is 12.0. The van der Waals surface area contributed by atoms with Gasteiger partial charge in [-0.2, -0.15) is 0 Å². The van der Waals surface area contributed by atoms with Crippen molar-refractivity contribution in [1.82, 2.24) is 4.90 Å². The number of esters is 1. The SMILES string of the molecule is COC(=O)C1(F)CCCN(C(=O)OC(C)(C)C)CC1. The summed E-state index contributed by atoms with van der Waals surface area (Å²) in [5.41, 5.74) is -2.58. The maximum absolute atomic E-state index is 14.3. The van der Waals surface area contributed by atoms with Crippen LogP contribution in [0.25, 0.3) is 0 Å². The molecule has 5 nitrogen and oxygen atoms in total. The van der Waals surface area contributed by atoms with Gasteiger partial charge in [0, 0.05) is 19.5 Å². The highest BCUT2D eigenvalue weighted by Crippen LogP contribution is 2.28. The van der Waals surface area contributed by atoms with Gasteiger partial charge in [-0.15, -0.1) is 0 Å². The number of hydrogen-bond acceptors (Lipinski definition) is 4. The van der Waals surface area contributed by atoms with Crippen molar-refractivity contribution in [3.63, 3.8) is 0 Å². The van der Waals surface area contributed by atoms with Gasteiger partial charge >= 0.3 is 12.1 Å². The van der Waals surface area contributed by atoms with E-state index in [1.54, 1.807) is 20.8 Å². The van der Waals surface area contributed by atoms with Crippen molar-refractivity contribution in [3.05, 3.63) is 0 Å². The summed E-state index contributed by atoms with van der Waals surface area (Å²) in [6, 6.07) is 0. The van der Waals surface area contributed by atoms with Crippen LogP contribution in [-0.4, -0.2) is 48.4 Å². The first kappa shape index (κ1) is 15.7. The van der Waals surface area contributed by atoms with Gasteiger partial charge in [-0.05, 0) is 33.6 Å². The predicted molar refractivity (Wildman–Crippen MR) is 67.5 cm³/mol. The lowest BCUT2D eigenvalue weighted by Crippen LogP contribution is -2.39. The summed E-state index contributed by atoms with van der Waals surface area (Å²) in [6.45, 7) is 5.86. The Morgan fingerprint density at radius 3 is 2.37 bits per heavy atom. The number of rotatable bonds is 1. The first-order chi connectivity index (χ1) is 8.68. The van der Waals surface area contributed by atoms with Crippen LogP contribution in [0.4, 0.5) is 9.18 Å². The second-order valence-corrected chi connectivity index (χ2v) is 5.78. The largest absolute Gasteiger partial charge is 0.467 e. The van der Waals surface area contributed by atoms with E-state index in [4.69, 9.17) is 4.74 Å². The number of methoxy groups -OCH3 is 1. The number of alkyl halides is 1. The Bertz CT molecular complexity index is 353. The molecule has 0 spiro atoms. The molecule has 0 aromatic rings. The number of ether oxygens (including phenoxy) is 2. The van der Waals surface area contributed by atoms with E-state index in [1.807, 2.05) is 0 Å². The minimum atomic E-state index is -1.99. The van der Waals surface area contributed by atoms with Gasteiger partial charge in [-0.3, -0.25) is 0 Å². The van der Waals surface area contributed by atoms with Crippen molar-refractivity contribution >= 4 is 12.1 Å². The van der Waals surface area contributed by atoms with Crippen LogP contribution in [-0.2, 0) is 14.3 Å². The van der Waals surface area contributed by atoms with Crippen molar-refractivity contribution < 1.29 is 23.5 Å². The molecule has 0 N–H and O–H groups in total. The van der Waals surface area contributed by atoms with Crippen molar-refractivity contribution in [2.75, 3.05) is 20.2 Å². The minimum absolute atomic E-state index is 0.0566. The van der Waals surface area contributed by atoms with Crippen LogP contribution in [0, 0.1) is 0 Å². The highest BCUT2D eigenvalue weighted by atomic mass is 19.1. The molecule has 6 heteroatoms. The molecule has 0 aromatic heterocycles. The first-order valence-corrected chi connectivity index (χ1v) is 6.43. The van der Waals surface area contributed by atoms with Gasteiger partial charge in [-0.25, -0.2) is 14.0 Å². The molecule has 1 amide bonds. The fraction of sp³-hybridized carbons (Fsp3) is 0.846. The lowest BCUT2D eigenvalue weighted by atomic mass is 9.97. The quantitative estimate of drug-likeness (QED) is 0.689. The molecule has 1 rings (SSSR count). The fourth-order valence-electron chi connectivity index (χ4n) is 2.00. The van der Waals surface area contributed by atoms with E-state index in [9.17, 15) is 14.0 Å². The molecule has 0 aromatic carbocycles. The van der Waals surface area contributed by atoms with Crippen LogP contribution in [0.1, 0.15) is 40.0 Å². The third-order valence-corrected chi connectivity index (χ3v) is 2.98. The Hall–Kier alpha value is -1.33. The Balaban J connectivity index is 2.64. The number of hydrogen-bond donors (Lipinski definition) is 0. The summed E-state index contributed by atoms with van der Waals surface area (Å²) in [5.74, 6) is -0.862. The fourth-order valence-corrected chi connectivity index (χ4v) is 2.00. The van der Waals surface area contributed by atoms with Gasteiger partial charge < -0.3 is 14.4 Å². The second-order valence-electron chi connectivity index (χ2n) is 5.78. The van der Waals surface area contributed by atoms with E-state index in [0.29, 0.717) is 13.0 Å². The van der Waals surface area contributed by atoms with Gasteiger partial charge in [0.2, 0.25) is 5.67 Å². The van der Waals surface area contributed by atoms with Crippen molar-refractivity contribution in [1.29, 1.82) is 0 Å². The third-order valence-electron chi connectivity index (χ3n) is 2.98. The Morgan fingerprint density at radius 1 is 1.21 bits per heavy atom. The minimum Gasteiger partial charge on any atom is -0.467 e. The normalized spacial score (nSPS) is 24.6. The van der Waals surface area contributed by atoms with Crippen molar-refractivity contribution in [2.45, 2.75) is 51.3 Å². The van der Waals surface area contributed by atoms with Gasteiger partial charge in [0.15, 0.2) is 0 Å². The predicted octanol–water partition coefficient (Wildman–Crippen LogP) is 2.29. The smallest absolute Gasteiger partial charge is 0.410 e. The molecule has 1 atom stereocenters. The van der Waals surface area contributed by atoms with Crippen molar-refractivity contribution in [3.8, 4) is 0 Å².